The Bertz CT molecular complexity index is 384. The summed E-state index contributed by atoms with van der Waals surface area (Å²) < 4.78 is 0. The highest BCUT2D eigenvalue weighted by atomic mass is 16.3. The van der Waals surface area contributed by atoms with Gasteiger partial charge in [0.25, 0.3) is 11.8 Å². The van der Waals surface area contributed by atoms with Crippen molar-refractivity contribution in [2.75, 3.05) is 20.1 Å². The zero-order valence-electron chi connectivity index (χ0n) is 10.7. The molecule has 0 atom stereocenters. The molecular formula is C13H20N2O3. The zero-order valence-corrected chi connectivity index (χ0v) is 10.7. The monoisotopic (exact) mass is 252 g/mol. The van der Waals surface area contributed by atoms with E-state index in [9.17, 15) is 14.7 Å². The zero-order chi connectivity index (χ0) is 13.1. The van der Waals surface area contributed by atoms with Crippen molar-refractivity contribution in [3.05, 3.63) is 11.3 Å². The van der Waals surface area contributed by atoms with Gasteiger partial charge in [0.1, 0.15) is 0 Å². The molecule has 0 saturated heterocycles. The number of amides is 2. The van der Waals surface area contributed by atoms with Gasteiger partial charge in [-0.15, -0.1) is 0 Å². The van der Waals surface area contributed by atoms with Gasteiger partial charge in [-0.3, -0.25) is 9.59 Å². The van der Waals surface area contributed by atoms with Gasteiger partial charge in [0, 0.05) is 13.6 Å². The first-order valence-corrected chi connectivity index (χ1v) is 6.55. The number of rotatable bonds is 3. The Morgan fingerprint density at radius 1 is 1.39 bits per heavy atom. The largest absolute Gasteiger partial charge is 0.503 e. The van der Waals surface area contributed by atoms with Gasteiger partial charge in [-0.05, 0) is 18.8 Å². The summed E-state index contributed by atoms with van der Waals surface area (Å²) in [5, 5.41) is 12.4. The van der Waals surface area contributed by atoms with Crippen molar-refractivity contribution >= 4 is 11.8 Å². The Labute approximate surface area is 107 Å². The number of carbonyl (C=O) groups excluding carboxylic acids is 2. The Kier molecular flexibility index (Phi) is 3.89. The maximum absolute atomic E-state index is 11.9. The molecule has 2 N–H and O–H groups in total. The normalized spacial score (nSPS) is 21.6. The van der Waals surface area contributed by atoms with Crippen LogP contribution >= 0.6 is 0 Å². The number of aliphatic hydroxyl groups is 1. The van der Waals surface area contributed by atoms with Crippen LogP contribution < -0.4 is 5.32 Å². The highest BCUT2D eigenvalue weighted by molar-refractivity contribution is 6.06. The molecule has 2 aliphatic rings. The number of nitrogens with one attached hydrogen (secondary N) is 1. The van der Waals surface area contributed by atoms with E-state index < -0.39 is 11.7 Å². The smallest absolute Gasteiger partial charge is 0.289 e. The fourth-order valence-corrected chi connectivity index (χ4v) is 2.61. The van der Waals surface area contributed by atoms with E-state index in [1.165, 1.54) is 24.2 Å². The van der Waals surface area contributed by atoms with Gasteiger partial charge in [-0.1, -0.05) is 19.3 Å². The molecule has 1 saturated carbocycles. The Hall–Kier alpha value is -1.52. The molecular weight excluding hydrogens is 232 g/mol. The molecule has 0 aromatic rings. The standard InChI is InChI=1S/C13H20N2O3/c1-15-8-10(11(16)13(15)18)12(17)14-7-9-5-3-2-4-6-9/h9,16H,2-8H2,1H3,(H,14,17). The summed E-state index contributed by atoms with van der Waals surface area (Å²) in [5.74, 6) is -0.646. The van der Waals surface area contributed by atoms with Crippen LogP contribution in [0.2, 0.25) is 0 Å². The molecule has 100 valence electrons. The minimum Gasteiger partial charge on any atom is -0.503 e. The molecule has 0 spiro atoms. The SMILES string of the molecule is CN1CC(C(=O)NCC2CCCCC2)=C(O)C1=O. The highest BCUT2D eigenvalue weighted by Crippen LogP contribution is 2.23. The molecule has 1 fully saturated rings. The third-order valence-electron chi connectivity index (χ3n) is 3.78. The minimum absolute atomic E-state index is 0.193. The predicted molar refractivity (Wildman–Crippen MR) is 66.9 cm³/mol. The quantitative estimate of drug-likeness (QED) is 0.786. The molecule has 0 aromatic carbocycles. The summed E-state index contributed by atoms with van der Waals surface area (Å²) in [4.78, 5) is 24.6. The van der Waals surface area contributed by atoms with Crippen molar-refractivity contribution in [1.82, 2.24) is 10.2 Å². The van der Waals surface area contributed by atoms with Gasteiger partial charge in [-0.25, -0.2) is 0 Å². The van der Waals surface area contributed by atoms with Crippen LogP contribution in [0.5, 0.6) is 0 Å². The number of hydrogen-bond donors (Lipinski definition) is 2. The first-order chi connectivity index (χ1) is 8.59. The summed E-state index contributed by atoms with van der Waals surface area (Å²) in [6, 6.07) is 0. The third-order valence-corrected chi connectivity index (χ3v) is 3.78. The van der Waals surface area contributed by atoms with Gasteiger partial charge in [0.05, 0.1) is 12.1 Å². The lowest BCUT2D eigenvalue weighted by atomic mass is 9.89. The van der Waals surface area contributed by atoms with E-state index in [2.05, 4.69) is 5.32 Å². The summed E-state index contributed by atoms with van der Waals surface area (Å²) in [5.41, 5.74) is 0.193. The minimum atomic E-state index is -0.474. The van der Waals surface area contributed by atoms with Crippen LogP contribution in [-0.4, -0.2) is 42.0 Å². The van der Waals surface area contributed by atoms with Crippen LogP contribution in [0.1, 0.15) is 32.1 Å². The topological polar surface area (TPSA) is 69.6 Å². The van der Waals surface area contributed by atoms with Crippen LogP contribution in [0.25, 0.3) is 0 Å². The molecule has 18 heavy (non-hydrogen) atoms. The lowest BCUT2D eigenvalue weighted by Crippen LogP contribution is -2.32. The second-order valence-electron chi connectivity index (χ2n) is 5.20. The van der Waals surface area contributed by atoms with E-state index in [4.69, 9.17) is 0 Å². The third kappa shape index (κ3) is 2.66. The summed E-state index contributed by atoms with van der Waals surface area (Å²) >= 11 is 0. The van der Waals surface area contributed by atoms with Crippen molar-refractivity contribution in [2.24, 2.45) is 5.92 Å². The second kappa shape index (κ2) is 5.42. The van der Waals surface area contributed by atoms with E-state index in [1.54, 1.807) is 7.05 Å². The molecule has 0 radical (unpaired) electrons. The molecule has 2 rings (SSSR count). The second-order valence-corrected chi connectivity index (χ2v) is 5.20. The molecule has 2 amide bonds. The Balaban J connectivity index is 1.86. The van der Waals surface area contributed by atoms with Gasteiger partial charge < -0.3 is 15.3 Å². The predicted octanol–water partition coefficient (Wildman–Crippen LogP) is 0.967. The lowest BCUT2D eigenvalue weighted by molar-refractivity contribution is -0.126. The van der Waals surface area contributed by atoms with Crippen molar-refractivity contribution < 1.29 is 14.7 Å². The summed E-state index contributed by atoms with van der Waals surface area (Å²) in [6.45, 7) is 0.842. The first kappa shape index (κ1) is 12.9. The Morgan fingerprint density at radius 3 is 2.61 bits per heavy atom. The van der Waals surface area contributed by atoms with Gasteiger partial charge in [-0.2, -0.15) is 0 Å². The van der Waals surface area contributed by atoms with Gasteiger partial charge in [0.15, 0.2) is 5.76 Å². The van der Waals surface area contributed by atoms with Crippen LogP contribution in [0.15, 0.2) is 11.3 Å². The van der Waals surface area contributed by atoms with Crippen molar-refractivity contribution in [3.8, 4) is 0 Å². The average Bonchev–Trinajstić information content (AvgIpc) is 2.65. The van der Waals surface area contributed by atoms with E-state index in [0.717, 1.165) is 12.8 Å². The summed E-state index contributed by atoms with van der Waals surface area (Å²) in [6.07, 6.45) is 6.06. The van der Waals surface area contributed by atoms with E-state index in [0.29, 0.717) is 12.5 Å². The fourth-order valence-electron chi connectivity index (χ4n) is 2.61. The van der Waals surface area contributed by atoms with Crippen LogP contribution in [0.3, 0.4) is 0 Å². The first-order valence-electron chi connectivity index (χ1n) is 6.55. The van der Waals surface area contributed by atoms with Crippen molar-refractivity contribution in [3.63, 3.8) is 0 Å². The van der Waals surface area contributed by atoms with Crippen LogP contribution in [0, 0.1) is 5.92 Å². The van der Waals surface area contributed by atoms with Crippen molar-refractivity contribution in [1.29, 1.82) is 0 Å². The molecule has 5 nitrogen and oxygen atoms in total. The van der Waals surface area contributed by atoms with Crippen molar-refractivity contribution in [2.45, 2.75) is 32.1 Å². The molecule has 5 heteroatoms. The molecule has 0 unspecified atom stereocenters. The molecule has 1 aliphatic heterocycles. The maximum Gasteiger partial charge on any atom is 0.289 e. The number of likely N-dealkylation sites (N-methyl/N-ethyl adjacent to an activating group) is 1. The average molecular weight is 252 g/mol. The van der Waals surface area contributed by atoms with E-state index in [-0.39, 0.29) is 18.0 Å². The van der Waals surface area contributed by atoms with Crippen LogP contribution in [0.4, 0.5) is 0 Å². The number of aliphatic hydroxyl groups excluding tert-OH is 1. The maximum atomic E-state index is 11.9. The molecule has 1 aliphatic carbocycles. The Morgan fingerprint density at radius 2 is 2.06 bits per heavy atom. The molecule has 0 aromatic heterocycles. The van der Waals surface area contributed by atoms with E-state index >= 15 is 0 Å². The molecule has 0 bridgehead atoms. The highest BCUT2D eigenvalue weighted by Gasteiger charge is 2.31. The number of carbonyl (C=O) groups is 2. The van der Waals surface area contributed by atoms with Gasteiger partial charge in [0.2, 0.25) is 0 Å². The van der Waals surface area contributed by atoms with Crippen LogP contribution in [-0.2, 0) is 9.59 Å². The fraction of sp³-hybridized carbons (Fsp3) is 0.692. The number of nitrogens with zero attached hydrogens (tertiary/aromatic N) is 1. The van der Waals surface area contributed by atoms with Gasteiger partial charge >= 0.3 is 0 Å². The number of hydrogen-bond acceptors (Lipinski definition) is 3. The van der Waals surface area contributed by atoms with E-state index in [1.807, 2.05) is 0 Å². The summed E-state index contributed by atoms with van der Waals surface area (Å²) in [7, 11) is 1.57. The molecule has 1 heterocycles. The lowest BCUT2D eigenvalue weighted by Gasteiger charge is -2.21.